The predicted octanol–water partition coefficient (Wildman–Crippen LogP) is 8.47. The first kappa shape index (κ1) is 22.1. The predicted molar refractivity (Wildman–Crippen MR) is 114 cm³/mol. The summed E-state index contributed by atoms with van der Waals surface area (Å²) in [6.07, 6.45) is 28.3. The zero-order valence-electron chi connectivity index (χ0n) is 17.3. The van der Waals surface area contributed by atoms with Crippen LogP contribution in [0.4, 0.5) is 0 Å². The molecule has 0 nitrogen and oxygen atoms in total. The highest BCUT2D eigenvalue weighted by Crippen LogP contribution is 2.33. The van der Waals surface area contributed by atoms with Crippen LogP contribution in [0.2, 0.25) is 11.6 Å². The minimum atomic E-state index is 1.05. The van der Waals surface area contributed by atoms with Gasteiger partial charge in [0.25, 0.3) is 0 Å². The van der Waals surface area contributed by atoms with Crippen LogP contribution in [0.5, 0.6) is 0 Å². The normalized spacial score (nSPS) is 17.0. The van der Waals surface area contributed by atoms with Gasteiger partial charge in [0.05, 0.1) is 0 Å². The van der Waals surface area contributed by atoms with E-state index in [1.807, 2.05) is 0 Å². The van der Waals surface area contributed by atoms with Crippen molar-refractivity contribution in [2.45, 2.75) is 147 Å². The molecule has 0 spiro atoms. The lowest BCUT2D eigenvalue weighted by Crippen LogP contribution is -2.13. The van der Waals surface area contributed by atoms with Gasteiger partial charge in [-0.2, -0.15) is 0 Å². The Morgan fingerprint density at radius 1 is 0.625 bits per heavy atom. The molecule has 0 bridgehead atoms. The zero-order valence-corrected chi connectivity index (χ0v) is 17.3. The molecule has 0 N–H and O–H groups in total. The second-order valence-electron chi connectivity index (χ2n) is 8.72. The van der Waals surface area contributed by atoms with Crippen LogP contribution < -0.4 is 0 Å². The molecule has 0 aliphatic heterocycles. The summed E-state index contributed by atoms with van der Waals surface area (Å²) < 4.78 is 0. The summed E-state index contributed by atoms with van der Waals surface area (Å²) >= 11 is 0. The molecule has 1 rings (SSSR count). The molecule has 0 radical (unpaired) electrons. The number of hydrogen-bond acceptors (Lipinski definition) is 0. The van der Waals surface area contributed by atoms with Gasteiger partial charge in [-0.3, -0.25) is 0 Å². The molecule has 0 atom stereocenters. The van der Waals surface area contributed by atoms with E-state index in [9.17, 15) is 0 Å². The number of hydrogen-bond donors (Lipinski definition) is 0. The van der Waals surface area contributed by atoms with E-state index in [-0.39, 0.29) is 0 Å². The lowest BCUT2D eigenvalue weighted by Gasteiger charge is -2.24. The standard InChI is InChI=1S/C23H47B/c1-3-5-7-10-14-18-22(19-15-11-8-6-4-2)24-23-20-16-12-9-13-17-21-23/h22-24H,3-21H2,1-2H3. The molecular formula is C23H47B. The monoisotopic (exact) mass is 334 g/mol. The Morgan fingerprint density at radius 3 is 1.58 bits per heavy atom. The second-order valence-corrected chi connectivity index (χ2v) is 8.72. The van der Waals surface area contributed by atoms with Crippen molar-refractivity contribution in [2.75, 3.05) is 0 Å². The Balaban J connectivity index is 2.28. The van der Waals surface area contributed by atoms with E-state index in [0.29, 0.717) is 0 Å². The van der Waals surface area contributed by atoms with Gasteiger partial charge in [0.1, 0.15) is 7.28 Å². The summed E-state index contributed by atoms with van der Waals surface area (Å²) in [6, 6.07) is 0. The average molecular weight is 334 g/mol. The second kappa shape index (κ2) is 16.5. The van der Waals surface area contributed by atoms with Crippen LogP contribution in [-0.4, -0.2) is 7.28 Å². The fourth-order valence-corrected chi connectivity index (χ4v) is 4.70. The molecule has 0 amide bonds. The Labute approximate surface area is 155 Å². The summed E-state index contributed by atoms with van der Waals surface area (Å²) in [4.78, 5) is 0. The molecule has 0 saturated heterocycles. The number of unbranched alkanes of at least 4 members (excludes halogenated alkanes) is 8. The third-order valence-electron chi connectivity index (χ3n) is 6.32. The molecule has 24 heavy (non-hydrogen) atoms. The van der Waals surface area contributed by atoms with Gasteiger partial charge in [-0.15, -0.1) is 0 Å². The Bertz CT molecular complexity index is 228. The minimum absolute atomic E-state index is 1.05. The van der Waals surface area contributed by atoms with E-state index in [2.05, 4.69) is 13.8 Å². The molecule has 0 heterocycles. The Hall–Kier alpha value is 0.0649. The quantitative estimate of drug-likeness (QED) is 0.221. The van der Waals surface area contributed by atoms with E-state index < -0.39 is 0 Å². The highest BCUT2D eigenvalue weighted by atomic mass is 14.1. The summed E-state index contributed by atoms with van der Waals surface area (Å²) in [5.41, 5.74) is 0. The first-order valence-electron chi connectivity index (χ1n) is 11.9. The van der Waals surface area contributed by atoms with E-state index in [1.165, 1.54) is 109 Å². The van der Waals surface area contributed by atoms with E-state index in [1.54, 1.807) is 20.1 Å². The lowest BCUT2D eigenvalue weighted by molar-refractivity contribution is 0.489. The van der Waals surface area contributed by atoms with Gasteiger partial charge in [0.15, 0.2) is 0 Å². The van der Waals surface area contributed by atoms with Crippen LogP contribution in [0.25, 0.3) is 0 Å². The summed E-state index contributed by atoms with van der Waals surface area (Å²) in [5.74, 6) is 2.12. The molecule has 1 aliphatic carbocycles. The van der Waals surface area contributed by atoms with Crippen LogP contribution in [0.3, 0.4) is 0 Å². The molecule has 1 heteroatoms. The molecule has 1 fully saturated rings. The van der Waals surface area contributed by atoms with Crippen molar-refractivity contribution in [3.63, 3.8) is 0 Å². The van der Waals surface area contributed by atoms with Crippen molar-refractivity contribution >= 4 is 7.28 Å². The summed E-state index contributed by atoms with van der Waals surface area (Å²) in [7, 11) is 1.57. The fraction of sp³-hybridized carbons (Fsp3) is 1.00. The van der Waals surface area contributed by atoms with Crippen molar-refractivity contribution in [3.05, 3.63) is 0 Å². The smallest absolute Gasteiger partial charge is 0.0654 e. The maximum Gasteiger partial charge on any atom is 0.127 e. The van der Waals surface area contributed by atoms with E-state index in [4.69, 9.17) is 0 Å². The van der Waals surface area contributed by atoms with Gasteiger partial charge < -0.3 is 0 Å². The van der Waals surface area contributed by atoms with Crippen molar-refractivity contribution in [1.82, 2.24) is 0 Å². The van der Waals surface area contributed by atoms with E-state index in [0.717, 1.165) is 11.6 Å². The van der Waals surface area contributed by atoms with Crippen molar-refractivity contribution < 1.29 is 0 Å². The summed E-state index contributed by atoms with van der Waals surface area (Å²) in [6.45, 7) is 4.65. The number of rotatable bonds is 14. The largest absolute Gasteiger partial charge is 0.127 e. The SMILES string of the molecule is CCCCCCCC(BC1CCCCCCC1)CCCCCCC. The van der Waals surface area contributed by atoms with Gasteiger partial charge in [0, 0.05) is 0 Å². The maximum atomic E-state index is 2.33. The average Bonchev–Trinajstić information content (AvgIpc) is 2.56. The molecule has 1 aliphatic rings. The van der Waals surface area contributed by atoms with Crippen LogP contribution in [0.1, 0.15) is 136 Å². The zero-order chi connectivity index (χ0) is 17.3. The highest BCUT2D eigenvalue weighted by molar-refractivity contribution is 6.39. The maximum absolute atomic E-state index is 2.33. The summed E-state index contributed by atoms with van der Waals surface area (Å²) in [5, 5.41) is 0. The van der Waals surface area contributed by atoms with Gasteiger partial charge in [-0.25, -0.2) is 0 Å². The first-order valence-corrected chi connectivity index (χ1v) is 11.9. The van der Waals surface area contributed by atoms with Crippen LogP contribution in [-0.2, 0) is 0 Å². The third-order valence-corrected chi connectivity index (χ3v) is 6.32. The molecule has 0 aromatic carbocycles. The minimum Gasteiger partial charge on any atom is -0.0654 e. The fourth-order valence-electron chi connectivity index (χ4n) is 4.70. The molecule has 0 aromatic rings. The van der Waals surface area contributed by atoms with Gasteiger partial charge in [-0.1, -0.05) is 147 Å². The van der Waals surface area contributed by atoms with Gasteiger partial charge in [0.2, 0.25) is 0 Å². The van der Waals surface area contributed by atoms with Crippen LogP contribution >= 0.6 is 0 Å². The Kier molecular flexibility index (Phi) is 15.2. The van der Waals surface area contributed by atoms with Crippen LogP contribution in [0, 0.1) is 0 Å². The molecule has 142 valence electrons. The van der Waals surface area contributed by atoms with Crippen LogP contribution in [0.15, 0.2) is 0 Å². The Morgan fingerprint density at radius 2 is 1.08 bits per heavy atom. The van der Waals surface area contributed by atoms with E-state index >= 15 is 0 Å². The van der Waals surface area contributed by atoms with Crippen molar-refractivity contribution in [3.8, 4) is 0 Å². The van der Waals surface area contributed by atoms with Gasteiger partial charge >= 0.3 is 0 Å². The van der Waals surface area contributed by atoms with Gasteiger partial charge in [-0.05, 0) is 0 Å². The van der Waals surface area contributed by atoms with Crippen molar-refractivity contribution in [1.29, 1.82) is 0 Å². The molecule has 1 saturated carbocycles. The highest BCUT2D eigenvalue weighted by Gasteiger charge is 2.19. The molecule has 0 aromatic heterocycles. The van der Waals surface area contributed by atoms with Crippen molar-refractivity contribution in [2.24, 2.45) is 0 Å². The third kappa shape index (κ3) is 12.4. The molecule has 0 unspecified atom stereocenters. The lowest BCUT2D eigenvalue weighted by atomic mass is 9.50. The first-order chi connectivity index (χ1) is 11.9. The topological polar surface area (TPSA) is 0 Å². The molecular weight excluding hydrogens is 287 g/mol.